The summed E-state index contributed by atoms with van der Waals surface area (Å²) in [5, 5.41) is 3.50. The first-order valence-electron chi connectivity index (χ1n) is 7.15. The highest BCUT2D eigenvalue weighted by Gasteiger charge is 2.15. The number of fused-ring (bicyclic) bond motifs is 1. The molecule has 1 aliphatic rings. The van der Waals surface area contributed by atoms with Crippen molar-refractivity contribution in [3.8, 4) is 0 Å². The summed E-state index contributed by atoms with van der Waals surface area (Å²) in [7, 11) is 0. The molecule has 2 heteroatoms. The Hall–Kier alpha value is -2.22. The summed E-state index contributed by atoms with van der Waals surface area (Å²) >= 11 is 0. The van der Waals surface area contributed by atoms with Gasteiger partial charge in [0, 0.05) is 19.6 Å². The van der Waals surface area contributed by atoms with E-state index < -0.39 is 0 Å². The van der Waals surface area contributed by atoms with Gasteiger partial charge in [-0.3, -0.25) is 0 Å². The SMILES string of the molecule is C=C(CN1CCCNc2ccccc21)c1ccccc1. The van der Waals surface area contributed by atoms with Gasteiger partial charge in [0.25, 0.3) is 0 Å². The van der Waals surface area contributed by atoms with E-state index in [1.165, 1.54) is 22.5 Å². The van der Waals surface area contributed by atoms with Crippen LogP contribution in [-0.2, 0) is 0 Å². The van der Waals surface area contributed by atoms with E-state index in [4.69, 9.17) is 0 Å². The molecule has 1 N–H and O–H groups in total. The molecule has 0 unspecified atom stereocenters. The van der Waals surface area contributed by atoms with Crippen LogP contribution < -0.4 is 10.2 Å². The first kappa shape index (κ1) is 12.8. The first-order chi connectivity index (χ1) is 9.84. The van der Waals surface area contributed by atoms with E-state index in [1.54, 1.807) is 0 Å². The smallest absolute Gasteiger partial charge is 0.0605 e. The standard InChI is InChI=1S/C18H20N2/c1-15(16-8-3-2-4-9-16)14-20-13-7-12-19-17-10-5-6-11-18(17)20/h2-6,8-11,19H,1,7,12-14H2. The van der Waals surface area contributed by atoms with Crippen LogP contribution in [0.15, 0.2) is 61.2 Å². The fraction of sp³-hybridized carbons (Fsp3) is 0.222. The number of nitrogens with zero attached hydrogens (tertiary/aromatic N) is 1. The molecular formula is C18H20N2. The average Bonchev–Trinajstić information content (AvgIpc) is 2.71. The van der Waals surface area contributed by atoms with Gasteiger partial charge in [-0.1, -0.05) is 49.0 Å². The highest BCUT2D eigenvalue weighted by molar-refractivity contribution is 5.75. The van der Waals surface area contributed by atoms with Crippen molar-refractivity contribution in [2.24, 2.45) is 0 Å². The minimum Gasteiger partial charge on any atom is -0.383 e. The Morgan fingerprint density at radius 1 is 1.05 bits per heavy atom. The van der Waals surface area contributed by atoms with E-state index in [-0.39, 0.29) is 0 Å². The predicted octanol–water partition coefficient (Wildman–Crippen LogP) is 4.02. The molecule has 0 aromatic heterocycles. The Labute approximate surface area is 120 Å². The van der Waals surface area contributed by atoms with Crippen molar-refractivity contribution in [3.05, 3.63) is 66.7 Å². The summed E-state index contributed by atoms with van der Waals surface area (Å²) in [4.78, 5) is 2.42. The van der Waals surface area contributed by atoms with E-state index in [1.807, 2.05) is 6.07 Å². The third kappa shape index (κ3) is 2.69. The van der Waals surface area contributed by atoms with Crippen LogP contribution in [0.1, 0.15) is 12.0 Å². The predicted molar refractivity (Wildman–Crippen MR) is 87.2 cm³/mol. The first-order valence-corrected chi connectivity index (χ1v) is 7.15. The van der Waals surface area contributed by atoms with Crippen LogP contribution in [0, 0.1) is 0 Å². The maximum absolute atomic E-state index is 4.26. The Morgan fingerprint density at radius 3 is 2.65 bits per heavy atom. The lowest BCUT2D eigenvalue weighted by Gasteiger charge is -2.25. The molecule has 0 spiro atoms. The molecule has 0 fully saturated rings. The zero-order valence-corrected chi connectivity index (χ0v) is 11.7. The Morgan fingerprint density at radius 2 is 1.80 bits per heavy atom. The third-order valence-electron chi connectivity index (χ3n) is 3.73. The normalized spacial score (nSPS) is 14.1. The van der Waals surface area contributed by atoms with Crippen molar-refractivity contribution >= 4 is 16.9 Å². The number of nitrogens with one attached hydrogen (secondary N) is 1. The quantitative estimate of drug-likeness (QED) is 0.900. The number of rotatable bonds is 3. The highest BCUT2D eigenvalue weighted by atomic mass is 15.2. The molecular weight excluding hydrogens is 244 g/mol. The topological polar surface area (TPSA) is 15.3 Å². The van der Waals surface area contributed by atoms with E-state index in [0.717, 1.165) is 26.1 Å². The van der Waals surface area contributed by atoms with E-state index in [2.05, 4.69) is 65.3 Å². The van der Waals surface area contributed by atoms with Gasteiger partial charge in [-0.05, 0) is 29.7 Å². The molecule has 0 atom stereocenters. The zero-order chi connectivity index (χ0) is 13.8. The third-order valence-corrected chi connectivity index (χ3v) is 3.73. The Balaban J connectivity index is 1.82. The summed E-state index contributed by atoms with van der Waals surface area (Å²) in [6, 6.07) is 19.0. The molecule has 1 aliphatic heterocycles. The van der Waals surface area contributed by atoms with Crippen LogP contribution in [0.2, 0.25) is 0 Å². The number of hydrogen-bond acceptors (Lipinski definition) is 2. The molecule has 2 aromatic rings. The molecule has 102 valence electrons. The van der Waals surface area contributed by atoms with Crippen molar-refractivity contribution in [1.29, 1.82) is 0 Å². The van der Waals surface area contributed by atoms with Gasteiger partial charge >= 0.3 is 0 Å². The monoisotopic (exact) mass is 264 g/mol. The van der Waals surface area contributed by atoms with Crippen LogP contribution in [-0.4, -0.2) is 19.6 Å². The molecule has 0 saturated heterocycles. The fourth-order valence-corrected chi connectivity index (χ4v) is 2.67. The number of benzene rings is 2. The van der Waals surface area contributed by atoms with Gasteiger partial charge in [0.2, 0.25) is 0 Å². The van der Waals surface area contributed by atoms with E-state index >= 15 is 0 Å². The zero-order valence-electron chi connectivity index (χ0n) is 11.7. The van der Waals surface area contributed by atoms with Crippen LogP contribution in [0.5, 0.6) is 0 Å². The summed E-state index contributed by atoms with van der Waals surface area (Å²) in [5.74, 6) is 0. The molecule has 0 amide bonds. The van der Waals surface area contributed by atoms with Gasteiger partial charge in [0.1, 0.15) is 0 Å². The van der Waals surface area contributed by atoms with Gasteiger partial charge in [-0.15, -0.1) is 0 Å². The van der Waals surface area contributed by atoms with Gasteiger partial charge in [-0.25, -0.2) is 0 Å². The van der Waals surface area contributed by atoms with Crippen molar-refractivity contribution in [3.63, 3.8) is 0 Å². The number of anilines is 2. The van der Waals surface area contributed by atoms with Crippen LogP contribution in [0.4, 0.5) is 11.4 Å². The maximum atomic E-state index is 4.26. The van der Waals surface area contributed by atoms with Crippen molar-refractivity contribution in [1.82, 2.24) is 0 Å². The summed E-state index contributed by atoms with van der Waals surface area (Å²) in [5.41, 5.74) is 4.90. The molecule has 0 saturated carbocycles. The Kier molecular flexibility index (Phi) is 3.73. The van der Waals surface area contributed by atoms with E-state index in [0.29, 0.717) is 0 Å². The van der Waals surface area contributed by atoms with Gasteiger partial charge in [0.05, 0.1) is 11.4 Å². The summed E-state index contributed by atoms with van der Waals surface area (Å²) < 4.78 is 0. The lowest BCUT2D eigenvalue weighted by atomic mass is 10.1. The van der Waals surface area contributed by atoms with Crippen LogP contribution in [0.25, 0.3) is 5.57 Å². The summed E-state index contributed by atoms with van der Waals surface area (Å²) in [6.45, 7) is 7.24. The highest BCUT2D eigenvalue weighted by Crippen LogP contribution is 2.29. The van der Waals surface area contributed by atoms with E-state index in [9.17, 15) is 0 Å². The lowest BCUT2D eigenvalue weighted by Crippen LogP contribution is -2.25. The minimum atomic E-state index is 0.878. The van der Waals surface area contributed by atoms with Gasteiger partial charge in [-0.2, -0.15) is 0 Å². The maximum Gasteiger partial charge on any atom is 0.0605 e. The van der Waals surface area contributed by atoms with Gasteiger partial charge < -0.3 is 10.2 Å². The largest absolute Gasteiger partial charge is 0.383 e. The average molecular weight is 264 g/mol. The second-order valence-electron chi connectivity index (χ2n) is 5.19. The van der Waals surface area contributed by atoms with Gasteiger partial charge in [0.15, 0.2) is 0 Å². The minimum absolute atomic E-state index is 0.878. The van der Waals surface area contributed by atoms with Crippen molar-refractivity contribution < 1.29 is 0 Å². The second-order valence-corrected chi connectivity index (χ2v) is 5.19. The number of hydrogen-bond donors (Lipinski definition) is 1. The molecule has 1 heterocycles. The van der Waals surface area contributed by atoms with Crippen LogP contribution >= 0.6 is 0 Å². The molecule has 0 bridgehead atoms. The Bertz CT molecular complexity index is 589. The molecule has 20 heavy (non-hydrogen) atoms. The van der Waals surface area contributed by atoms with Crippen molar-refractivity contribution in [2.45, 2.75) is 6.42 Å². The molecule has 0 aliphatic carbocycles. The lowest BCUT2D eigenvalue weighted by molar-refractivity contribution is 0.812. The molecule has 2 aromatic carbocycles. The second kappa shape index (κ2) is 5.83. The molecule has 2 nitrogen and oxygen atoms in total. The summed E-state index contributed by atoms with van der Waals surface area (Å²) in [6.07, 6.45) is 1.15. The number of para-hydroxylation sites is 2. The van der Waals surface area contributed by atoms with Crippen molar-refractivity contribution in [2.75, 3.05) is 29.9 Å². The van der Waals surface area contributed by atoms with Crippen LogP contribution in [0.3, 0.4) is 0 Å². The molecule has 0 radical (unpaired) electrons. The fourth-order valence-electron chi connectivity index (χ4n) is 2.67. The molecule has 3 rings (SSSR count).